The van der Waals surface area contributed by atoms with Gasteiger partial charge in [-0.1, -0.05) is 13.8 Å². The molecule has 2 rings (SSSR count). The van der Waals surface area contributed by atoms with Gasteiger partial charge in [-0.05, 0) is 56.4 Å². The number of rotatable bonds is 4. The molecule has 88 valence electrons. The summed E-state index contributed by atoms with van der Waals surface area (Å²) in [7, 11) is 0. The summed E-state index contributed by atoms with van der Waals surface area (Å²) in [5.74, 6) is 2.55. The monoisotopic (exact) mass is 211 g/mol. The first-order valence-corrected chi connectivity index (χ1v) is 6.56. The first-order valence-electron chi connectivity index (χ1n) is 6.56. The number of aliphatic hydroxyl groups is 1. The molecular weight excluding hydrogens is 186 g/mol. The molecule has 0 heterocycles. The van der Waals surface area contributed by atoms with Crippen molar-refractivity contribution < 1.29 is 5.11 Å². The minimum Gasteiger partial charge on any atom is -0.393 e. The lowest BCUT2D eigenvalue weighted by Gasteiger charge is -2.39. The molecule has 0 aliphatic heterocycles. The van der Waals surface area contributed by atoms with Gasteiger partial charge in [0.25, 0.3) is 0 Å². The van der Waals surface area contributed by atoms with Crippen molar-refractivity contribution in [2.45, 2.75) is 58.1 Å². The fourth-order valence-electron chi connectivity index (χ4n) is 2.94. The quantitative estimate of drug-likeness (QED) is 0.747. The third-order valence-electron chi connectivity index (χ3n) is 4.33. The van der Waals surface area contributed by atoms with Crippen molar-refractivity contribution in [2.24, 2.45) is 17.8 Å². The van der Waals surface area contributed by atoms with Crippen LogP contribution in [0.4, 0.5) is 0 Å². The Balaban J connectivity index is 1.56. The van der Waals surface area contributed by atoms with E-state index in [2.05, 4.69) is 19.2 Å². The third kappa shape index (κ3) is 2.94. The predicted molar refractivity (Wildman–Crippen MR) is 62.7 cm³/mol. The van der Waals surface area contributed by atoms with Gasteiger partial charge < -0.3 is 10.4 Å². The van der Waals surface area contributed by atoms with E-state index in [-0.39, 0.29) is 6.10 Å². The molecule has 0 radical (unpaired) electrons. The molecule has 2 N–H and O–H groups in total. The smallest absolute Gasteiger partial charge is 0.0543 e. The second-order valence-electron chi connectivity index (χ2n) is 5.91. The summed E-state index contributed by atoms with van der Waals surface area (Å²) in [6.07, 6.45) is 5.98. The molecule has 2 unspecified atom stereocenters. The molecule has 2 nitrogen and oxygen atoms in total. The lowest BCUT2D eigenvalue weighted by molar-refractivity contribution is 0.157. The molecule has 2 aliphatic rings. The second kappa shape index (κ2) is 4.84. The Kier molecular flexibility index (Phi) is 3.68. The molecule has 0 amide bonds. The van der Waals surface area contributed by atoms with Crippen LogP contribution in [0.3, 0.4) is 0 Å². The zero-order valence-electron chi connectivity index (χ0n) is 10.1. The largest absolute Gasteiger partial charge is 0.393 e. The van der Waals surface area contributed by atoms with E-state index < -0.39 is 0 Å². The maximum absolute atomic E-state index is 9.42. The van der Waals surface area contributed by atoms with Crippen LogP contribution in [-0.4, -0.2) is 23.8 Å². The van der Waals surface area contributed by atoms with Crippen LogP contribution in [0.25, 0.3) is 0 Å². The molecule has 0 saturated heterocycles. The molecule has 2 aliphatic carbocycles. The van der Waals surface area contributed by atoms with Crippen molar-refractivity contribution in [3.05, 3.63) is 0 Å². The van der Waals surface area contributed by atoms with Crippen LogP contribution in [0.2, 0.25) is 0 Å². The molecule has 0 aromatic heterocycles. The summed E-state index contributed by atoms with van der Waals surface area (Å²) in [5.41, 5.74) is 0. The fourth-order valence-corrected chi connectivity index (χ4v) is 2.94. The molecule has 0 bridgehead atoms. The van der Waals surface area contributed by atoms with Gasteiger partial charge in [-0.3, -0.25) is 0 Å². The van der Waals surface area contributed by atoms with Gasteiger partial charge in [0.2, 0.25) is 0 Å². The Labute approximate surface area is 93.5 Å². The topological polar surface area (TPSA) is 32.3 Å². The first kappa shape index (κ1) is 11.4. The van der Waals surface area contributed by atoms with Crippen LogP contribution in [0.15, 0.2) is 0 Å². The Morgan fingerprint density at radius 2 is 1.93 bits per heavy atom. The van der Waals surface area contributed by atoms with Crippen molar-refractivity contribution in [1.29, 1.82) is 0 Å². The van der Waals surface area contributed by atoms with Gasteiger partial charge in [0, 0.05) is 6.04 Å². The van der Waals surface area contributed by atoms with E-state index in [9.17, 15) is 5.11 Å². The minimum atomic E-state index is -0.0124. The fraction of sp³-hybridized carbons (Fsp3) is 1.00. The van der Waals surface area contributed by atoms with E-state index in [1.165, 1.54) is 19.3 Å². The second-order valence-corrected chi connectivity index (χ2v) is 5.91. The van der Waals surface area contributed by atoms with Crippen molar-refractivity contribution in [3.63, 3.8) is 0 Å². The van der Waals surface area contributed by atoms with E-state index in [1.807, 2.05) is 0 Å². The molecule has 2 saturated carbocycles. The Bertz CT molecular complexity index is 199. The van der Waals surface area contributed by atoms with Crippen LogP contribution in [0.5, 0.6) is 0 Å². The van der Waals surface area contributed by atoms with E-state index in [4.69, 9.17) is 0 Å². The van der Waals surface area contributed by atoms with Crippen LogP contribution in [0, 0.1) is 17.8 Å². The summed E-state index contributed by atoms with van der Waals surface area (Å²) < 4.78 is 0. The molecule has 0 aromatic rings. The van der Waals surface area contributed by atoms with Crippen LogP contribution < -0.4 is 5.32 Å². The summed E-state index contributed by atoms with van der Waals surface area (Å²) in [4.78, 5) is 0. The summed E-state index contributed by atoms with van der Waals surface area (Å²) in [6.45, 7) is 5.79. The van der Waals surface area contributed by atoms with E-state index in [0.717, 1.165) is 43.2 Å². The normalized spacial score (nSPS) is 40.8. The zero-order valence-corrected chi connectivity index (χ0v) is 10.1. The maximum Gasteiger partial charge on any atom is 0.0543 e. The predicted octanol–water partition coefficient (Wildman–Crippen LogP) is 2.17. The zero-order chi connectivity index (χ0) is 10.8. The van der Waals surface area contributed by atoms with Gasteiger partial charge in [-0.25, -0.2) is 0 Å². The lowest BCUT2D eigenvalue weighted by atomic mass is 9.73. The van der Waals surface area contributed by atoms with Gasteiger partial charge in [0.05, 0.1) is 6.10 Å². The Morgan fingerprint density at radius 1 is 1.20 bits per heavy atom. The number of aliphatic hydroxyl groups excluding tert-OH is 1. The van der Waals surface area contributed by atoms with Crippen molar-refractivity contribution in [1.82, 2.24) is 5.32 Å². The highest BCUT2D eigenvalue weighted by Gasteiger charge is 2.31. The number of hydrogen-bond acceptors (Lipinski definition) is 2. The highest BCUT2D eigenvalue weighted by molar-refractivity contribution is 4.88. The molecule has 2 atom stereocenters. The number of nitrogens with one attached hydrogen (secondary N) is 1. The Hall–Kier alpha value is -0.0800. The van der Waals surface area contributed by atoms with Gasteiger partial charge >= 0.3 is 0 Å². The van der Waals surface area contributed by atoms with Gasteiger partial charge in [-0.15, -0.1) is 0 Å². The highest BCUT2D eigenvalue weighted by Crippen LogP contribution is 2.34. The third-order valence-corrected chi connectivity index (χ3v) is 4.33. The van der Waals surface area contributed by atoms with Gasteiger partial charge in [-0.2, -0.15) is 0 Å². The van der Waals surface area contributed by atoms with Gasteiger partial charge in [0.15, 0.2) is 0 Å². The molecule has 2 heteroatoms. The first-order chi connectivity index (χ1) is 7.15. The lowest BCUT2D eigenvalue weighted by Crippen LogP contribution is -2.44. The van der Waals surface area contributed by atoms with Gasteiger partial charge in [0.1, 0.15) is 0 Å². The standard InChI is InChI=1S/C13H25NO/c1-9(2)11-6-12(7-11)14-8-10-3-4-13(15)5-10/h9-15H,3-8H2,1-2H3. The van der Waals surface area contributed by atoms with Crippen molar-refractivity contribution in [2.75, 3.05) is 6.54 Å². The van der Waals surface area contributed by atoms with Crippen LogP contribution in [0.1, 0.15) is 46.0 Å². The van der Waals surface area contributed by atoms with Crippen molar-refractivity contribution >= 4 is 0 Å². The van der Waals surface area contributed by atoms with E-state index >= 15 is 0 Å². The summed E-state index contributed by atoms with van der Waals surface area (Å²) >= 11 is 0. The Morgan fingerprint density at radius 3 is 2.47 bits per heavy atom. The summed E-state index contributed by atoms with van der Waals surface area (Å²) in [6, 6.07) is 0.773. The molecule has 2 fully saturated rings. The SMILES string of the molecule is CC(C)C1CC(NCC2CCC(O)C2)C1. The van der Waals surface area contributed by atoms with Crippen molar-refractivity contribution in [3.8, 4) is 0 Å². The molecule has 15 heavy (non-hydrogen) atoms. The molecule has 0 spiro atoms. The average molecular weight is 211 g/mol. The van der Waals surface area contributed by atoms with E-state index in [0.29, 0.717) is 0 Å². The highest BCUT2D eigenvalue weighted by atomic mass is 16.3. The van der Waals surface area contributed by atoms with E-state index in [1.54, 1.807) is 0 Å². The maximum atomic E-state index is 9.42. The molecular formula is C13H25NO. The average Bonchev–Trinajstić information content (AvgIpc) is 2.48. The minimum absolute atomic E-state index is 0.0124. The van der Waals surface area contributed by atoms with Crippen LogP contribution in [-0.2, 0) is 0 Å². The van der Waals surface area contributed by atoms with Crippen LogP contribution >= 0.6 is 0 Å². The molecule has 0 aromatic carbocycles. The summed E-state index contributed by atoms with van der Waals surface area (Å²) in [5, 5.41) is 13.1. The number of hydrogen-bond donors (Lipinski definition) is 2.